The molecule has 4 nitrogen and oxygen atoms in total. The highest BCUT2D eigenvalue weighted by molar-refractivity contribution is 5.92. The third-order valence-corrected chi connectivity index (χ3v) is 3.26. The van der Waals surface area contributed by atoms with E-state index in [9.17, 15) is 4.79 Å². The van der Waals surface area contributed by atoms with Gasteiger partial charge in [-0.3, -0.25) is 9.78 Å². The van der Waals surface area contributed by atoms with Crippen LogP contribution in [0.4, 0.5) is 5.69 Å². The number of nitrogens with one attached hydrogen (secondary N) is 1. The summed E-state index contributed by atoms with van der Waals surface area (Å²) in [6.45, 7) is 1.93. The quantitative estimate of drug-likeness (QED) is 0.800. The number of hydrogen-bond acceptors (Lipinski definition) is 3. The van der Waals surface area contributed by atoms with Gasteiger partial charge in [-0.2, -0.15) is 0 Å². The van der Waals surface area contributed by atoms with Crippen molar-refractivity contribution in [3.63, 3.8) is 0 Å². The number of benzene rings is 2. The van der Waals surface area contributed by atoms with Crippen LogP contribution in [-0.4, -0.2) is 17.5 Å². The molecule has 1 N–H and O–H groups in total. The minimum Gasteiger partial charge on any atom is -0.481 e. The van der Waals surface area contributed by atoms with Crippen molar-refractivity contribution < 1.29 is 9.53 Å². The molecule has 0 atom stereocenters. The molecule has 0 spiro atoms. The average Bonchev–Trinajstić information content (AvgIpc) is 2.53. The van der Waals surface area contributed by atoms with E-state index in [-0.39, 0.29) is 12.5 Å². The molecule has 2 aromatic carbocycles. The summed E-state index contributed by atoms with van der Waals surface area (Å²) < 4.78 is 5.61. The molecule has 0 aliphatic heterocycles. The number of carbonyl (C=O) groups is 1. The maximum Gasteiger partial charge on any atom is 0.262 e. The lowest BCUT2D eigenvalue weighted by atomic mass is 10.2. The van der Waals surface area contributed by atoms with Gasteiger partial charge in [0, 0.05) is 17.3 Å². The van der Waals surface area contributed by atoms with Crippen molar-refractivity contribution in [2.75, 3.05) is 11.9 Å². The van der Waals surface area contributed by atoms with Gasteiger partial charge in [-0.05, 0) is 36.8 Å². The first-order valence-electron chi connectivity index (χ1n) is 7.05. The van der Waals surface area contributed by atoms with Crippen molar-refractivity contribution in [2.24, 2.45) is 0 Å². The first-order chi connectivity index (χ1) is 10.7. The van der Waals surface area contributed by atoms with Gasteiger partial charge < -0.3 is 10.1 Å². The van der Waals surface area contributed by atoms with E-state index < -0.39 is 0 Å². The normalized spacial score (nSPS) is 10.4. The van der Waals surface area contributed by atoms with Gasteiger partial charge in [0.1, 0.15) is 11.3 Å². The molecule has 0 aliphatic carbocycles. The van der Waals surface area contributed by atoms with Crippen molar-refractivity contribution in [3.05, 3.63) is 66.4 Å². The number of ether oxygens (including phenoxy) is 1. The van der Waals surface area contributed by atoms with Crippen LogP contribution in [0.1, 0.15) is 5.56 Å². The molecule has 3 rings (SSSR count). The monoisotopic (exact) mass is 292 g/mol. The molecule has 0 bridgehead atoms. The maximum atomic E-state index is 12.0. The van der Waals surface area contributed by atoms with Crippen LogP contribution in [0.2, 0.25) is 0 Å². The second-order valence-electron chi connectivity index (χ2n) is 5.04. The molecule has 1 heterocycles. The van der Waals surface area contributed by atoms with Gasteiger partial charge in [0.25, 0.3) is 5.91 Å². The van der Waals surface area contributed by atoms with E-state index in [1.807, 2.05) is 61.5 Å². The number of anilines is 1. The Bertz CT molecular complexity index is 810. The van der Waals surface area contributed by atoms with E-state index in [0.29, 0.717) is 5.75 Å². The highest BCUT2D eigenvalue weighted by atomic mass is 16.5. The van der Waals surface area contributed by atoms with Crippen LogP contribution in [0.15, 0.2) is 60.8 Å². The topological polar surface area (TPSA) is 51.2 Å². The highest BCUT2D eigenvalue weighted by Crippen LogP contribution is 2.22. The Kier molecular flexibility index (Phi) is 4.01. The number of para-hydroxylation sites is 1. The summed E-state index contributed by atoms with van der Waals surface area (Å²) in [5, 5.41) is 3.80. The third-order valence-electron chi connectivity index (χ3n) is 3.26. The number of pyridine rings is 1. The van der Waals surface area contributed by atoms with Crippen LogP contribution in [0.5, 0.6) is 5.75 Å². The van der Waals surface area contributed by atoms with Crippen LogP contribution in [-0.2, 0) is 4.79 Å². The molecule has 1 amide bonds. The Labute approximate surface area is 128 Å². The fourth-order valence-corrected chi connectivity index (χ4v) is 2.26. The third kappa shape index (κ3) is 3.23. The number of amides is 1. The first-order valence-corrected chi connectivity index (χ1v) is 7.05. The number of rotatable bonds is 4. The molecule has 4 heteroatoms. The molecular formula is C18H16N2O2. The van der Waals surface area contributed by atoms with Crippen LogP contribution >= 0.6 is 0 Å². The molecule has 0 radical (unpaired) electrons. The zero-order valence-electron chi connectivity index (χ0n) is 12.2. The molecular weight excluding hydrogens is 276 g/mol. The van der Waals surface area contributed by atoms with E-state index in [1.54, 1.807) is 6.20 Å². The molecule has 110 valence electrons. The Morgan fingerprint density at radius 1 is 1.14 bits per heavy atom. The number of hydrogen-bond donors (Lipinski definition) is 1. The standard InChI is InChI=1S/C18H16N2O2/c1-13-5-2-8-15(11-13)20-17(21)12-22-16-9-3-6-14-7-4-10-19-18(14)16/h2-11H,12H2,1H3,(H,20,21). The zero-order chi connectivity index (χ0) is 15.4. The average molecular weight is 292 g/mol. The van der Waals surface area contributed by atoms with Crippen molar-refractivity contribution in [3.8, 4) is 5.75 Å². The van der Waals surface area contributed by atoms with Gasteiger partial charge in [0.2, 0.25) is 0 Å². The van der Waals surface area contributed by atoms with E-state index in [0.717, 1.165) is 22.2 Å². The Morgan fingerprint density at radius 2 is 1.95 bits per heavy atom. The summed E-state index contributed by atoms with van der Waals surface area (Å²) in [7, 11) is 0. The summed E-state index contributed by atoms with van der Waals surface area (Å²) in [4.78, 5) is 16.3. The number of nitrogens with zero attached hydrogens (tertiary/aromatic N) is 1. The van der Waals surface area contributed by atoms with Crippen molar-refractivity contribution in [1.82, 2.24) is 4.98 Å². The number of fused-ring (bicyclic) bond motifs is 1. The van der Waals surface area contributed by atoms with Gasteiger partial charge in [-0.25, -0.2) is 0 Å². The fraction of sp³-hybridized carbons (Fsp3) is 0.111. The van der Waals surface area contributed by atoms with E-state index >= 15 is 0 Å². The Balaban J connectivity index is 1.68. The van der Waals surface area contributed by atoms with Crippen molar-refractivity contribution in [2.45, 2.75) is 6.92 Å². The summed E-state index contributed by atoms with van der Waals surface area (Å²) in [5.41, 5.74) is 2.62. The Hall–Kier alpha value is -2.88. The molecule has 0 fully saturated rings. The smallest absolute Gasteiger partial charge is 0.262 e. The predicted octanol–water partition coefficient (Wildman–Crippen LogP) is 3.56. The minimum atomic E-state index is -0.196. The molecule has 0 unspecified atom stereocenters. The largest absolute Gasteiger partial charge is 0.481 e. The van der Waals surface area contributed by atoms with E-state index in [4.69, 9.17) is 4.74 Å². The summed E-state index contributed by atoms with van der Waals surface area (Å²) in [5.74, 6) is 0.413. The molecule has 0 saturated carbocycles. The molecule has 3 aromatic rings. The number of carbonyl (C=O) groups excluding carboxylic acids is 1. The molecule has 0 aliphatic rings. The minimum absolute atomic E-state index is 0.0520. The predicted molar refractivity (Wildman–Crippen MR) is 87.0 cm³/mol. The molecule has 22 heavy (non-hydrogen) atoms. The number of aryl methyl sites for hydroxylation is 1. The van der Waals surface area contributed by atoms with Crippen LogP contribution < -0.4 is 10.1 Å². The van der Waals surface area contributed by atoms with Crippen LogP contribution in [0.25, 0.3) is 10.9 Å². The van der Waals surface area contributed by atoms with E-state index in [1.165, 1.54) is 0 Å². The van der Waals surface area contributed by atoms with E-state index in [2.05, 4.69) is 10.3 Å². The van der Waals surface area contributed by atoms with Gasteiger partial charge in [0.05, 0.1) is 0 Å². The lowest BCUT2D eigenvalue weighted by molar-refractivity contribution is -0.118. The zero-order valence-corrected chi connectivity index (χ0v) is 12.2. The first kappa shape index (κ1) is 14.1. The summed E-state index contributed by atoms with van der Waals surface area (Å²) in [6, 6.07) is 17.1. The summed E-state index contributed by atoms with van der Waals surface area (Å²) in [6.07, 6.45) is 1.71. The van der Waals surface area contributed by atoms with Crippen LogP contribution in [0.3, 0.4) is 0 Å². The number of aromatic nitrogens is 1. The maximum absolute atomic E-state index is 12.0. The summed E-state index contributed by atoms with van der Waals surface area (Å²) >= 11 is 0. The van der Waals surface area contributed by atoms with Gasteiger partial charge in [0.15, 0.2) is 6.61 Å². The Morgan fingerprint density at radius 3 is 2.82 bits per heavy atom. The lowest BCUT2D eigenvalue weighted by Crippen LogP contribution is -2.20. The van der Waals surface area contributed by atoms with Gasteiger partial charge in [-0.15, -0.1) is 0 Å². The second kappa shape index (κ2) is 6.26. The van der Waals surface area contributed by atoms with Crippen molar-refractivity contribution >= 4 is 22.5 Å². The van der Waals surface area contributed by atoms with Crippen molar-refractivity contribution in [1.29, 1.82) is 0 Å². The fourth-order valence-electron chi connectivity index (χ4n) is 2.26. The SMILES string of the molecule is Cc1cccc(NC(=O)COc2cccc3cccnc23)c1. The molecule has 1 aromatic heterocycles. The highest BCUT2D eigenvalue weighted by Gasteiger charge is 2.07. The molecule has 0 saturated heterocycles. The lowest BCUT2D eigenvalue weighted by Gasteiger charge is -2.09. The second-order valence-corrected chi connectivity index (χ2v) is 5.04. The van der Waals surface area contributed by atoms with Gasteiger partial charge >= 0.3 is 0 Å². The van der Waals surface area contributed by atoms with Gasteiger partial charge in [-0.1, -0.05) is 30.3 Å². The van der Waals surface area contributed by atoms with Crippen LogP contribution in [0, 0.1) is 6.92 Å².